The lowest BCUT2D eigenvalue weighted by Gasteiger charge is -2.19. The van der Waals surface area contributed by atoms with Gasteiger partial charge in [-0.25, -0.2) is 4.79 Å². The van der Waals surface area contributed by atoms with Gasteiger partial charge in [0.25, 0.3) is 0 Å². The fourth-order valence-electron chi connectivity index (χ4n) is 2.01. The average molecular weight is 257 g/mol. The second-order valence-electron chi connectivity index (χ2n) is 4.08. The number of hydrogen-bond donors (Lipinski definition) is 1. The van der Waals surface area contributed by atoms with E-state index in [0.29, 0.717) is 30.4 Å². The molecule has 0 unspecified atom stereocenters. The highest BCUT2D eigenvalue weighted by molar-refractivity contribution is 5.94. The zero-order valence-corrected chi connectivity index (χ0v) is 10.00. The molecule has 0 radical (unpaired) electrons. The molecule has 5 heteroatoms. The van der Waals surface area contributed by atoms with Gasteiger partial charge in [-0.1, -0.05) is 0 Å². The molecular formula is C14H11NO4. The first kappa shape index (κ1) is 11.5. The monoisotopic (exact) mass is 257 g/mol. The Kier molecular flexibility index (Phi) is 2.79. The van der Waals surface area contributed by atoms with E-state index in [9.17, 15) is 4.79 Å². The topological polar surface area (TPSA) is 68.7 Å². The summed E-state index contributed by atoms with van der Waals surface area (Å²) >= 11 is 0. The lowest BCUT2D eigenvalue weighted by molar-refractivity contribution is -0.131. The van der Waals surface area contributed by atoms with E-state index in [1.807, 2.05) is 18.2 Å². The molecule has 1 N–H and O–H groups in total. The molecule has 0 aliphatic carbocycles. The number of hydrogen-bond acceptors (Lipinski definition) is 4. The summed E-state index contributed by atoms with van der Waals surface area (Å²) in [5.41, 5.74) is 0.594. The summed E-state index contributed by atoms with van der Waals surface area (Å²) in [4.78, 5) is 14.8. The molecule has 1 aromatic carbocycles. The summed E-state index contributed by atoms with van der Waals surface area (Å²) in [5, 5.41) is 10.5. The van der Waals surface area contributed by atoms with E-state index in [1.165, 1.54) is 6.08 Å². The van der Waals surface area contributed by atoms with Gasteiger partial charge in [-0.05, 0) is 29.7 Å². The highest BCUT2D eigenvalue weighted by Crippen LogP contribution is 2.35. The third-order valence-corrected chi connectivity index (χ3v) is 2.84. The first-order valence-electron chi connectivity index (χ1n) is 5.83. The predicted molar refractivity (Wildman–Crippen MR) is 69.4 cm³/mol. The molecule has 3 rings (SSSR count). The van der Waals surface area contributed by atoms with E-state index < -0.39 is 5.97 Å². The summed E-state index contributed by atoms with van der Waals surface area (Å²) in [5.74, 6) is 0.367. The second kappa shape index (κ2) is 4.61. The molecule has 0 bridgehead atoms. The van der Waals surface area contributed by atoms with E-state index in [1.54, 1.807) is 6.20 Å². The molecule has 0 atom stereocenters. The van der Waals surface area contributed by atoms with E-state index in [4.69, 9.17) is 14.6 Å². The average Bonchev–Trinajstić information content (AvgIpc) is 2.42. The molecule has 2 aromatic rings. The maximum Gasteiger partial charge on any atom is 0.328 e. The highest BCUT2D eigenvalue weighted by Gasteiger charge is 2.13. The zero-order chi connectivity index (χ0) is 13.2. The number of nitrogens with zero attached hydrogens (tertiary/aromatic N) is 1. The minimum absolute atomic E-state index is 0.513. The smallest absolute Gasteiger partial charge is 0.328 e. The van der Waals surface area contributed by atoms with Gasteiger partial charge in [0.05, 0.1) is 5.69 Å². The van der Waals surface area contributed by atoms with Gasteiger partial charge in [0.2, 0.25) is 0 Å². The number of carbonyl (C=O) groups is 1. The van der Waals surface area contributed by atoms with Crippen molar-refractivity contribution in [2.24, 2.45) is 0 Å². The molecule has 5 nitrogen and oxygen atoms in total. The summed E-state index contributed by atoms with van der Waals surface area (Å²) in [7, 11) is 0. The highest BCUT2D eigenvalue weighted by atomic mass is 16.6. The summed E-state index contributed by atoms with van der Waals surface area (Å²) in [6.07, 6.45) is 4.18. The Hall–Kier alpha value is -2.56. The van der Waals surface area contributed by atoms with Crippen molar-refractivity contribution < 1.29 is 19.4 Å². The van der Waals surface area contributed by atoms with Crippen molar-refractivity contribution in [3.8, 4) is 11.5 Å². The molecule has 0 fully saturated rings. The van der Waals surface area contributed by atoms with Crippen LogP contribution >= 0.6 is 0 Å². The SMILES string of the molecule is O=C(O)/C=C/c1nccc2cc3c(cc12)OCCO3. The Bertz CT molecular complexity index is 678. The molecule has 0 spiro atoms. The Morgan fingerprint density at radius 3 is 2.74 bits per heavy atom. The number of pyridine rings is 1. The largest absolute Gasteiger partial charge is 0.486 e. The Labute approximate surface area is 109 Å². The maximum atomic E-state index is 10.6. The van der Waals surface area contributed by atoms with Crippen LogP contribution in [0.25, 0.3) is 16.8 Å². The fourth-order valence-corrected chi connectivity index (χ4v) is 2.01. The summed E-state index contributed by atoms with van der Waals surface area (Å²) in [6.45, 7) is 1.05. The summed E-state index contributed by atoms with van der Waals surface area (Å²) < 4.78 is 11.0. The molecule has 2 heterocycles. The predicted octanol–water partition coefficient (Wildman–Crippen LogP) is 2.10. The number of ether oxygens (including phenoxy) is 2. The van der Waals surface area contributed by atoms with Crippen molar-refractivity contribution >= 4 is 22.8 Å². The number of carboxylic acids is 1. The Morgan fingerprint density at radius 2 is 2.00 bits per heavy atom. The molecule has 19 heavy (non-hydrogen) atoms. The first-order chi connectivity index (χ1) is 9.24. The zero-order valence-electron chi connectivity index (χ0n) is 10.00. The number of benzene rings is 1. The van der Waals surface area contributed by atoms with Crippen molar-refractivity contribution in [2.75, 3.05) is 13.2 Å². The van der Waals surface area contributed by atoms with E-state index in [-0.39, 0.29) is 0 Å². The lowest BCUT2D eigenvalue weighted by Crippen LogP contribution is -2.15. The van der Waals surface area contributed by atoms with Gasteiger partial charge in [-0.2, -0.15) is 0 Å². The third kappa shape index (κ3) is 2.22. The molecule has 1 aliphatic rings. The second-order valence-corrected chi connectivity index (χ2v) is 4.08. The maximum absolute atomic E-state index is 10.6. The van der Waals surface area contributed by atoms with Crippen LogP contribution < -0.4 is 9.47 Å². The van der Waals surface area contributed by atoms with Gasteiger partial charge in [-0.15, -0.1) is 0 Å². The number of aliphatic carboxylic acids is 1. The van der Waals surface area contributed by atoms with E-state index >= 15 is 0 Å². The van der Waals surface area contributed by atoms with E-state index in [2.05, 4.69) is 4.98 Å². The number of aromatic nitrogens is 1. The van der Waals surface area contributed by atoms with Gasteiger partial charge < -0.3 is 14.6 Å². The van der Waals surface area contributed by atoms with Crippen molar-refractivity contribution in [3.63, 3.8) is 0 Å². The quantitative estimate of drug-likeness (QED) is 0.834. The van der Waals surface area contributed by atoms with Crippen LogP contribution in [0.5, 0.6) is 11.5 Å². The van der Waals surface area contributed by atoms with Gasteiger partial charge in [0.1, 0.15) is 13.2 Å². The van der Waals surface area contributed by atoms with Gasteiger partial charge in [0, 0.05) is 17.7 Å². The minimum Gasteiger partial charge on any atom is -0.486 e. The minimum atomic E-state index is -1.00. The first-order valence-corrected chi connectivity index (χ1v) is 5.83. The Morgan fingerprint density at radius 1 is 1.26 bits per heavy atom. The van der Waals surface area contributed by atoms with Crippen LogP contribution in [-0.4, -0.2) is 29.3 Å². The molecule has 1 aliphatic heterocycles. The van der Waals surface area contributed by atoms with Crippen LogP contribution in [0.1, 0.15) is 5.69 Å². The number of fused-ring (bicyclic) bond motifs is 2. The molecule has 0 amide bonds. The van der Waals surface area contributed by atoms with Crippen LogP contribution in [0.2, 0.25) is 0 Å². The van der Waals surface area contributed by atoms with Crippen molar-refractivity contribution in [1.82, 2.24) is 4.98 Å². The van der Waals surface area contributed by atoms with Crippen LogP contribution in [0.3, 0.4) is 0 Å². The molecule has 96 valence electrons. The van der Waals surface area contributed by atoms with Gasteiger partial charge in [0.15, 0.2) is 11.5 Å². The van der Waals surface area contributed by atoms with E-state index in [0.717, 1.165) is 16.8 Å². The summed E-state index contributed by atoms with van der Waals surface area (Å²) in [6, 6.07) is 5.56. The van der Waals surface area contributed by atoms with Crippen LogP contribution in [0, 0.1) is 0 Å². The number of rotatable bonds is 2. The molecular weight excluding hydrogens is 246 g/mol. The standard InChI is InChI=1S/C14H11NO4/c16-14(17)2-1-11-10-8-13-12(18-5-6-19-13)7-9(10)3-4-15-11/h1-4,7-8H,5-6H2,(H,16,17)/b2-1+. The molecule has 1 aromatic heterocycles. The third-order valence-electron chi connectivity index (χ3n) is 2.84. The number of carboxylic acid groups (broad SMARTS) is 1. The Balaban J connectivity index is 2.16. The van der Waals surface area contributed by atoms with Gasteiger partial charge in [-0.3, -0.25) is 4.98 Å². The van der Waals surface area contributed by atoms with Gasteiger partial charge >= 0.3 is 5.97 Å². The normalized spacial score (nSPS) is 13.9. The fraction of sp³-hybridized carbons (Fsp3) is 0.143. The van der Waals surface area contributed by atoms with Crippen molar-refractivity contribution in [1.29, 1.82) is 0 Å². The van der Waals surface area contributed by atoms with Crippen molar-refractivity contribution in [2.45, 2.75) is 0 Å². The lowest BCUT2D eigenvalue weighted by atomic mass is 10.1. The molecule has 0 saturated heterocycles. The van der Waals surface area contributed by atoms with Crippen LogP contribution in [0.4, 0.5) is 0 Å². The molecule has 0 saturated carbocycles. The van der Waals surface area contributed by atoms with Crippen LogP contribution in [0.15, 0.2) is 30.5 Å². The van der Waals surface area contributed by atoms with Crippen molar-refractivity contribution in [3.05, 3.63) is 36.2 Å². The van der Waals surface area contributed by atoms with Crippen LogP contribution in [-0.2, 0) is 4.79 Å².